The van der Waals surface area contributed by atoms with Crippen LogP contribution in [0.25, 0.3) is 11.3 Å². The standard InChI is InChI=1S/C13H12ClFN2/c1-8(2)11-12(16-7-17-13(11)14)9-5-3-4-6-10(9)15/h3-8H,1-2H3. The Morgan fingerprint density at radius 2 is 1.88 bits per heavy atom. The molecule has 0 bridgehead atoms. The van der Waals surface area contributed by atoms with Crippen LogP contribution in [0.2, 0.25) is 5.15 Å². The Bertz CT molecular complexity index is 541. The van der Waals surface area contributed by atoms with Crippen molar-refractivity contribution in [2.75, 3.05) is 0 Å². The number of benzene rings is 1. The zero-order valence-electron chi connectivity index (χ0n) is 9.61. The Hall–Kier alpha value is -1.48. The lowest BCUT2D eigenvalue weighted by Crippen LogP contribution is -2.00. The van der Waals surface area contributed by atoms with Crippen molar-refractivity contribution in [3.63, 3.8) is 0 Å². The maximum absolute atomic E-state index is 13.7. The second-order valence-corrected chi connectivity index (χ2v) is 4.42. The molecule has 0 aliphatic rings. The van der Waals surface area contributed by atoms with Crippen LogP contribution in [0.3, 0.4) is 0 Å². The largest absolute Gasteiger partial charge is 0.236 e. The van der Waals surface area contributed by atoms with Crippen molar-refractivity contribution < 1.29 is 4.39 Å². The minimum atomic E-state index is -0.302. The van der Waals surface area contributed by atoms with Gasteiger partial charge in [0, 0.05) is 11.1 Å². The maximum Gasteiger partial charge on any atom is 0.136 e. The van der Waals surface area contributed by atoms with Crippen LogP contribution < -0.4 is 0 Å². The van der Waals surface area contributed by atoms with E-state index in [1.165, 1.54) is 12.4 Å². The van der Waals surface area contributed by atoms with Gasteiger partial charge in [-0.05, 0) is 18.1 Å². The summed E-state index contributed by atoms with van der Waals surface area (Å²) in [5, 5.41) is 0.383. The summed E-state index contributed by atoms with van der Waals surface area (Å²) in [6.07, 6.45) is 1.36. The molecule has 1 aromatic heterocycles. The predicted octanol–water partition coefficient (Wildman–Crippen LogP) is 4.06. The molecule has 0 unspecified atom stereocenters. The van der Waals surface area contributed by atoms with Gasteiger partial charge in [-0.25, -0.2) is 14.4 Å². The van der Waals surface area contributed by atoms with Crippen molar-refractivity contribution in [3.8, 4) is 11.3 Å². The number of halogens is 2. The average molecular weight is 251 g/mol. The summed E-state index contributed by atoms with van der Waals surface area (Å²) < 4.78 is 13.7. The highest BCUT2D eigenvalue weighted by Gasteiger charge is 2.17. The Morgan fingerprint density at radius 3 is 2.53 bits per heavy atom. The number of nitrogens with zero attached hydrogens (tertiary/aromatic N) is 2. The van der Waals surface area contributed by atoms with E-state index in [1.54, 1.807) is 18.2 Å². The molecule has 2 aromatic rings. The van der Waals surface area contributed by atoms with Gasteiger partial charge in [0.25, 0.3) is 0 Å². The normalized spacial score (nSPS) is 10.9. The smallest absolute Gasteiger partial charge is 0.136 e. The third-order valence-corrected chi connectivity index (χ3v) is 2.84. The van der Waals surface area contributed by atoms with Gasteiger partial charge >= 0.3 is 0 Å². The highest BCUT2D eigenvalue weighted by atomic mass is 35.5. The zero-order valence-corrected chi connectivity index (χ0v) is 10.4. The Labute approximate surface area is 104 Å². The van der Waals surface area contributed by atoms with E-state index in [9.17, 15) is 4.39 Å². The first-order chi connectivity index (χ1) is 8.11. The Kier molecular flexibility index (Phi) is 3.38. The molecular formula is C13H12ClFN2. The molecule has 2 rings (SSSR count). The zero-order chi connectivity index (χ0) is 12.4. The quantitative estimate of drug-likeness (QED) is 0.751. The molecule has 2 nitrogen and oxygen atoms in total. The maximum atomic E-state index is 13.7. The van der Waals surface area contributed by atoms with E-state index < -0.39 is 0 Å². The van der Waals surface area contributed by atoms with E-state index in [2.05, 4.69) is 9.97 Å². The molecule has 0 fully saturated rings. The third kappa shape index (κ3) is 2.29. The molecule has 0 spiro atoms. The molecule has 1 heterocycles. The van der Waals surface area contributed by atoms with Crippen molar-refractivity contribution in [2.24, 2.45) is 0 Å². The van der Waals surface area contributed by atoms with Crippen LogP contribution in [0.4, 0.5) is 4.39 Å². The van der Waals surface area contributed by atoms with Crippen molar-refractivity contribution >= 4 is 11.6 Å². The predicted molar refractivity (Wildman–Crippen MR) is 66.5 cm³/mol. The first-order valence-corrected chi connectivity index (χ1v) is 5.74. The monoisotopic (exact) mass is 250 g/mol. The molecule has 0 saturated heterocycles. The number of aromatic nitrogens is 2. The first kappa shape index (κ1) is 12.0. The lowest BCUT2D eigenvalue weighted by atomic mass is 9.98. The molecule has 1 aromatic carbocycles. The van der Waals surface area contributed by atoms with Crippen LogP contribution in [0.5, 0.6) is 0 Å². The van der Waals surface area contributed by atoms with E-state index in [0.29, 0.717) is 16.4 Å². The molecule has 0 saturated carbocycles. The van der Waals surface area contributed by atoms with Gasteiger partial charge in [-0.3, -0.25) is 0 Å². The molecule has 0 radical (unpaired) electrons. The summed E-state index contributed by atoms with van der Waals surface area (Å²) in [5.74, 6) is -0.164. The number of hydrogen-bond donors (Lipinski definition) is 0. The van der Waals surface area contributed by atoms with Gasteiger partial charge < -0.3 is 0 Å². The molecule has 0 N–H and O–H groups in total. The first-order valence-electron chi connectivity index (χ1n) is 5.36. The fraction of sp³-hybridized carbons (Fsp3) is 0.231. The van der Waals surface area contributed by atoms with Crippen LogP contribution in [-0.4, -0.2) is 9.97 Å². The van der Waals surface area contributed by atoms with E-state index in [4.69, 9.17) is 11.6 Å². The fourth-order valence-electron chi connectivity index (χ4n) is 1.75. The van der Waals surface area contributed by atoms with Gasteiger partial charge in [-0.2, -0.15) is 0 Å². The van der Waals surface area contributed by atoms with E-state index in [-0.39, 0.29) is 11.7 Å². The summed E-state index contributed by atoms with van der Waals surface area (Å²) in [6, 6.07) is 6.53. The molecule has 0 aliphatic heterocycles. The van der Waals surface area contributed by atoms with Crippen LogP contribution in [0.15, 0.2) is 30.6 Å². The summed E-state index contributed by atoms with van der Waals surface area (Å²) in [5.41, 5.74) is 1.80. The summed E-state index contributed by atoms with van der Waals surface area (Å²) >= 11 is 6.05. The van der Waals surface area contributed by atoms with E-state index in [0.717, 1.165) is 5.56 Å². The number of rotatable bonds is 2. The van der Waals surface area contributed by atoms with Crippen LogP contribution in [0.1, 0.15) is 25.3 Å². The number of hydrogen-bond acceptors (Lipinski definition) is 2. The summed E-state index contributed by atoms with van der Waals surface area (Å²) in [4.78, 5) is 8.10. The van der Waals surface area contributed by atoms with Gasteiger partial charge in [0.15, 0.2) is 0 Å². The molecule has 88 valence electrons. The summed E-state index contributed by atoms with van der Waals surface area (Å²) in [7, 11) is 0. The van der Waals surface area contributed by atoms with Gasteiger partial charge in [-0.15, -0.1) is 0 Å². The van der Waals surface area contributed by atoms with Gasteiger partial charge in [0.05, 0.1) is 5.69 Å². The second kappa shape index (κ2) is 4.80. The van der Waals surface area contributed by atoms with Crippen molar-refractivity contribution in [1.82, 2.24) is 9.97 Å². The summed E-state index contributed by atoms with van der Waals surface area (Å²) in [6.45, 7) is 3.96. The van der Waals surface area contributed by atoms with Crippen molar-refractivity contribution in [2.45, 2.75) is 19.8 Å². The molecule has 0 amide bonds. The van der Waals surface area contributed by atoms with Crippen LogP contribution >= 0.6 is 11.6 Å². The Balaban J connectivity index is 2.68. The highest BCUT2D eigenvalue weighted by molar-refractivity contribution is 6.30. The minimum absolute atomic E-state index is 0.137. The average Bonchev–Trinajstić information content (AvgIpc) is 2.28. The lowest BCUT2D eigenvalue weighted by Gasteiger charge is -2.13. The lowest BCUT2D eigenvalue weighted by molar-refractivity contribution is 0.630. The molecular weight excluding hydrogens is 239 g/mol. The third-order valence-electron chi connectivity index (χ3n) is 2.54. The van der Waals surface area contributed by atoms with Gasteiger partial charge in [-0.1, -0.05) is 37.6 Å². The van der Waals surface area contributed by atoms with E-state index >= 15 is 0 Å². The van der Waals surface area contributed by atoms with Crippen molar-refractivity contribution in [3.05, 3.63) is 47.1 Å². The minimum Gasteiger partial charge on any atom is -0.236 e. The molecule has 0 aliphatic carbocycles. The molecule has 17 heavy (non-hydrogen) atoms. The van der Waals surface area contributed by atoms with Crippen LogP contribution in [0, 0.1) is 5.82 Å². The fourth-order valence-corrected chi connectivity index (χ4v) is 2.10. The molecule has 0 atom stereocenters. The highest BCUT2D eigenvalue weighted by Crippen LogP contribution is 2.32. The van der Waals surface area contributed by atoms with Gasteiger partial charge in [0.1, 0.15) is 17.3 Å². The topological polar surface area (TPSA) is 25.8 Å². The van der Waals surface area contributed by atoms with Crippen LogP contribution in [-0.2, 0) is 0 Å². The second-order valence-electron chi connectivity index (χ2n) is 4.06. The SMILES string of the molecule is CC(C)c1c(Cl)ncnc1-c1ccccc1F. The molecule has 4 heteroatoms. The Morgan fingerprint density at radius 1 is 1.18 bits per heavy atom. The van der Waals surface area contributed by atoms with Crippen molar-refractivity contribution in [1.29, 1.82) is 0 Å². The van der Waals surface area contributed by atoms with Gasteiger partial charge in [0.2, 0.25) is 0 Å². The van der Waals surface area contributed by atoms with E-state index in [1.807, 2.05) is 13.8 Å².